The van der Waals surface area contributed by atoms with E-state index in [2.05, 4.69) is 0 Å². The number of cyclic esters (lactones) is 1. The average molecular weight is 428 g/mol. The van der Waals surface area contributed by atoms with E-state index in [9.17, 15) is 4.79 Å². The van der Waals surface area contributed by atoms with Crippen molar-refractivity contribution in [2.75, 3.05) is 27.8 Å². The first-order valence-corrected chi connectivity index (χ1v) is 10.0. The number of hydrogen-bond donors (Lipinski definition) is 0. The number of carbonyl (C=O) groups excluding carboxylic acids is 1. The molecule has 2 aromatic carbocycles. The molecule has 0 fully saturated rings. The maximum atomic E-state index is 12.1. The molecule has 0 aromatic heterocycles. The van der Waals surface area contributed by atoms with E-state index in [1.807, 2.05) is 60.7 Å². The number of ether oxygens (including phenoxy) is 6. The van der Waals surface area contributed by atoms with Crippen LogP contribution in [0.5, 0.6) is 0 Å². The van der Waals surface area contributed by atoms with Crippen molar-refractivity contribution in [2.24, 2.45) is 0 Å². The van der Waals surface area contributed by atoms with Gasteiger partial charge in [0.25, 0.3) is 0 Å². The first-order valence-electron chi connectivity index (χ1n) is 10.0. The van der Waals surface area contributed by atoms with Crippen molar-refractivity contribution in [2.45, 2.75) is 31.0 Å². The Labute approximate surface area is 182 Å². The summed E-state index contributed by atoms with van der Waals surface area (Å²) in [5.41, 5.74) is 1.87. The number of hydrogen-bond acceptors (Lipinski definition) is 7. The molecule has 4 atom stereocenters. The van der Waals surface area contributed by atoms with Crippen LogP contribution in [0.25, 0.3) is 0 Å². The molecule has 1 aliphatic heterocycles. The fourth-order valence-corrected chi connectivity index (χ4v) is 3.36. The van der Waals surface area contributed by atoms with E-state index < -0.39 is 30.4 Å². The van der Waals surface area contributed by atoms with Crippen molar-refractivity contribution < 1.29 is 33.2 Å². The second-order valence-corrected chi connectivity index (χ2v) is 6.96. The summed E-state index contributed by atoms with van der Waals surface area (Å²) in [6, 6.07) is 19.3. The zero-order valence-corrected chi connectivity index (χ0v) is 17.7. The standard InChI is InChI=1S/C24H28O7/c1-26-16-29-22(19-11-7-4-8-12-19)24(30-17-27-2)23-20(13-14-21(25)31-23)28-15-18-9-5-3-6-10-18/h3-14,20,22-24H,15-17H2,1-2H3/t20-,22+,23+,24+/m0/s1. The van der Waals surface area contributed by atoms with Gasteiger partial charge < -0.3 is 28.4 Å². The zero-order chi connectivity index (χ0) is 21.9. The number of carbonyl (C=O) groups is 1. The molecule has 1 heterocycles. The molecule has 166 valence electrons. The van der Waals surface area contributed by atoms with Crippen molar-refractivity contribution in [3.8, 4) is 0 Å². The van der Waals surface area contributed by atoms with Gasteiger partial charge in [-0.2, -0.15) is 0 Å². The minimum absolute atomic E-state index is 0.00644. The molecule has 31 heavy (non-hydrogen) atoms. The third-order valence-corrected chi connectivity index (χ3v) is 4.78. The number of benzene rings is 2. The SMILES string of the molecule is COCO[C@@H]([C@@H]1OC(=O)C=C[C@@H]1OCc1ccccc1)[C@H](OCOC)c1ccccc1. The molecule has 0 radical (unpaired) electrons. The molecule has 2 aromatic rings. The van der Waals surface area contributed by atoms with Crippen LogP contribution in [-0.4, -0.2) is 52.1 Å². The molecule has 0 unspecified atom stereocenters. The van der Waals surface area contributed by atoms with Gasteiger partial charge in [0.15, 0.2) is 6.10 Å². The van der Waals surface area contributed by atoms with E-state index in [-0.39, 0.29) is 13.6 Å². The summed E-state index contributed by atoms with van der Waals surface area (Å²) in [6.45, 7) is 0.391. The van der Waals surface area contributed by atoms with E-state index in [1.54, 1.807) is 13.2 Å². The van der Waals surface area contributed by atoms with Crippen molar-refractivity contribution in [3.05, 3.63) is 83.9 Å². The van der Waals surface area contributed by atoms with Crippen LogP contribution in [0, 0.1) is 0 Å². The summed E-state index contributed by atoms with van der Waals surface area (Å²) in [6.07, 6.45) is 0.500. The van der Waals surface area contributed by atoms with Crippen LogP contribution in [0.15, 0.2) is 72.8 Å². The van der Waals surface area contributed by atoms with E-state index in [4.69, 9.17) is 28.4 Å². The monoisotopic (exact) mass is 428 g/mol. The minimum atomic E-state index is -0.751. The molecule has 7 heteroatoms. The Kier molecular flexibility index (Phi) is 9.20. The smallest absolute Gasteiger partial charge is 0.330 e. The van der Waals surface area contributed by atoms with E-state index >= 15 is 0 Å². The zero-order valence-electron chi connectivity index (χ0n) is 17.7. The van der Waals surface area contributed by atoms with Gasteiger partial charge in [-0.1, -0.05) is 60.7 Å². The molecule has 0 amide bonds. The predicted molar refractivity (Wildman–Crippen MR) is 113 cm³/mol. The second-order valence-electron chi connectivity index (χ2n) is 6.96. The lowest BCUT2D eigenvalue weighted by Crippen LogP contribution is -2.48. The highest BCUT2D eigenvalue weighted by atomic mass is 16.7. The topological polar surface area (TPSA) is 72.5 Å². The van der Waals surface area contributed by atoms with Gasteiger partial charge in [-0.05, 0) is 17.2 Å². The van der Waals surface area contributed by atoms with Crippen LogP contribution in [0.4, 0.5) is 0 Å². The second kappa shape index (κ2) is 12.3. The number of esters is 1. The van der Waals surface area contributed by atoms with Gasteiger partial charge in [-0.15, -0.1) is 0 Å². The normalized spacial score (nSPS) is 20.3. The molecule has 0 spiro atoms. The third-order valence-electron chi connectivity index (χ3n) is 4.78. The van der Waals surface area contributed by atoms with Crippen molar-refractivity contribution in [1.82, 2.24) is 0 Å². The van der Waals surface area contributed by atoms with Gasteiger partial charge in [0, 0.05) is 20.3 Å². The lowest BCUT2D eigenvalue weighted by atomic mass is 9.95. The van der Waals surface area contributed by atoms with Crippen LogP contribution in [0.1, 0.15) is 17.2 Å². The van der Waals surface area contributed by atoms with Gasteiger partial charge >= 0.3 is 5.97 Å². The Hall–Kier alpha value is -2.55. The molecule has 0 N–H and O–H groups in total. The fourth-order valence-electron chi connectivity index (χ4n) is 3.36. The van der Waals surface area contributed by atoms with Crippen LogP contribution in [0.3, 0.4) is 0 Å². The molecular formula is C24H28O7. The summed E-state index contributed by atoms with van der Waals surface area (Å²) < 4.78 is 34.0. The van der Waals surface area contributed by atoms with Crippen molar-refractivity contribution >= 4 is 5.97 Å². The molecular weight excluding hydrogens is 400 g/mol. The van der Waals surface area contributed by atoms with Crippen molar-refractivity contribution in [3.63, 3.8) is 0 Å². The van der Waals surface area contributed by atoms with Crippen LogP contribution >= 0.6 is 0 Å². The van der Waals surface area contributed by atoms with Crippen LogP contribution in [0.2, 0.25) is 0 Å². The molecule has 7 nitrogen and oxygen atoms in total. The van der Waals surface area contributed by atoms with Gasteiger partial charge in [0.05, 0.1) is 6.61 Å². The first-order chi connectivity index (χ1) is 15.2. The Morgan fingerprint density at radius 2 is 1.55 bits per heavy atom. The summed E-state index contributed by atoms with van der Waals surface area (Å²) in [5, 5.41) is 0. The third kappa shape index (κ3) is 6.72. The fraction of sp³-hybridized carbons (Fsp3) is 0.375. The van der Waals surface area contributed by atoms with Gasteiger partial charge in [-0.3, -0.25) is 0 Å². The Morgan fingerprint density at radius 3 is 2.23 bits per heavy atom. The van der Waals surface area contributed by atoms with Crippen LogP contribution in [-0.2, 0) is 39.8 Å². The highest BCUT2D eigenvalue weighted by Gasteiger charge is 2.41. The average Bonchev–Trinajstić information content (AvgIpc) is 2.81. The first kappa shape index (κ1) is 23.1. The Bertz CT molecular complexity index is 809. The van der Waals surface area contributed by atoms with E-state index in [1.165, 1.54) is 13.2 Å². The predicted octanol–water partition coefficient (Wildman–Crippen LogP) is 3.40. The van der Waals surface area contributed by atoms with E-state index in [0.29, 0.717) is 6.61 Å². The molecule has 1 aliphatic rings. The molecule has 0 saturated carbocycles. The molecule has 0 bridgehead atoms. The maximum absolute atomic E-state index is 12.1. The minimum Gasteiger partial charge on any atom is -0.453 e. The number of methoxy groups -OCH3 is 2. The largest absolute Gasteiger partial charge is 0.453 e. The molecule has 0 saturated heterocycles. The van der Waals surface area contributed by atoms with Crippen LogP contribution < -0.4 is 0 Å². The van der Waals surface area contributed by atoms with Gasteiger partial charge in [-0.25, -0.2) is 4.79 Å². The lowest BCUT2D eigenvalue weighted by molar-refractivity contribution is -0.215. The lowest BCUT2D eigenvalue weighted by Gasteiger charge is -2.37. The Morgan fingerprint density at radius 1 is 0.903 bits per heavy atom. The summed E-state index contributed by atoms with van der Waals surface area (Å²) >= 11 is 0. The Balaban J connectivity index is 1.86. The maximum Gasteiger partial charge on any atom is 0.330 e. The summed E-state index contributed by atoms with van der Waals surface area (Å²) in [5.74, 6) is -0.464. The van der Waals surface area contributed by atoms with Gasteiger partial charge in [0.1, 0.15) is 31.9 Å². The van der Waals surface area contributed by atoms with E-state index in [0.717, 1.165) is 11.1 Å². The summed E-state index contributed by atoms with van der Waals surface area (Å²) in [7, 11) is 3.07. The van der Waals surface area contributed by atoms with Gasteiger partial charge in [0.2, 0.25) is 0 Å². The quantitative estimate of drug-likeness (QED) is 0.379. The molecule has 0 aliphatic carbocycles. The summed E-state index contributed by atoms with van der Waals surface area (Å²) in [4.78, 5) is 12.1. The highest BCUT2D eigenvalue weighted by molar-refractivity contribution is 5.83. The number of rotatable bonds is 12. The molecule has 3 rings (SSSR count). The van der Waals surface area contributed by atoms with Crippen molar-refractivity contribution in [1.29, 1.82) is 0 Å². The highest BCUT2D eigenvalue weighted by Crippen LogP contribution is 2.31.